The number of nitrogens with two attached hydrogens (primary N) is 1. The summed E-state index contributed by atoms with van der Waals surface area (Å²) in [4.78, 5) is 18.0. The second-order valence-corrected chi connectivity index (χ2v) is 5.72. The molecule has 0 bridgehead atoms. The van der Waals surface area contributed by atoms with Gasteiger partial charge in [0.1, 0.15) is 4.99 Å². The van der Waals surface area contributed by atoms with Crippen molar-refractivity contribution in [1.29, 1.82) is 0 Å². The van der Waals surface area contributed by atoms with Gasteiger partial charge in [0.15, 0.2) is 0 Å². The van der Waals surface area contributed by atoms with Gasteiger partial charge in [-0.15, -0.1) is 0 Å². The maximum absolute atomic E-state index is 11.7. The van der Waals surface area contributed by atoms with Gasteiger partial charge in [-0.05, 0) is 30.7 Å². The van der Waals surface area contributed by atoms with Crippen LogP contribution in [-0.2, 0) is 11.3 Å². The fourth-order valence-electron chi connectivity index (χ4n) is 1.69. The minimum atomic E-state index is 0.0322. The minimum Gasteiger partial charge on any atom is -0.388 e. The van der Waals surface area contributed by atoms with Gasteiger partial charge in [-0.3, -0.25) is 14.7 Å². The minimum absolute atomic E-state index is 0.0322. The van der Waals surface area contributed by atoms with Crippen LogP contribution in [0.4, 0.5) is 0 Å². The Labute approximate surface area is 125 Å². The van der Waals surface area contributed by atoms with Crippen LogP contribution in [0, 0.1) is 5.92 Å². The second-order valence-electron chi connectivity index (χ2n) is 5.28. The molecule has 0 saturated carbocycles. The first-order valence-corrected chi connectivity index (χ1v) is 6.99. The van der Waals surface area contributed by atoms with Gasteiger partial charge in [-0.2, -0.15) is 0 Å². The molecule has 0 saturated heterocycles. The number of hydrogen-bond donors (Lipinski definition) is 2. The molecular formula is C14H22N4OS. The van der Waals surface area contributed by atoms with Crippen LogP contribution in [0.15, 0.2) is 18.3 Å². The lowest BCUT2D eigenvalue weighted by Gasteiger charge is -2.17. The Morgan fingerprint density at radius 3 is 2.85 bits per heavy atom. The first-order chi connectivity index (χ1) is 9.38. The summed E-state index contributed by atoms with van der Waals surface area (Å²) in [6.45, 7) is 5.84. The molecule has 6 heteroatoms. The molecule has 0 aliphatic heterocycles. The summed E-state index contributed by atoms with van der Waals surface area (Å²) in [7, 11) is 1.90. The topological polar surface area (TPSA) is 71.2 Å². The van der Waals surface area contributed by atoms with Crippen LogP contribution in [0.3, 0.4) is 0 Å². The summed E-state index contributed by atoms with van der Waals surface area (Å²) in [5.41, 5.74) is 7.19. The first-order valence-electron chi connectivity index (χ1n) is 6.58. The molecule has 1 amide bonds. The third-order valence-electron chi connectivity index (χ3n) is 2.65. The highest BCUT2D eigenvalue weighted by Gasteiger charge is 2.08. The van der Waals surface area contributed by atoms with E-state index in [1.165, 1.54) is 0 Å². The van der Waals surface area contributed by atoms with E-state index in [2.05, 4.69) is 24.1 Å². The van der Waals surface area contributed by atoms with E-state index in [1.807, 2.05) is 24.1 Å². The van der Waals surface area contributed by atoms with E-state index < -0.39 is 0 Å². The zero-order valence-corrected chi connectivity index (χ0v) is 13.0. The van der Waals surface area contributed by atoms with Gasteiger partial charge in [0.25, 0.3) is 0 Å². The van der Waals surface area contributed by atoms with E-state index in [4.69, 9.17) is 18.0 Å². The number of nitrogens with zero attached hydrogens (tertiary/aromatic N) is 2. The third kappa shape index (κ3) is 6.08. The van der Waals surface area contributed by atoms with Crippen LogP contribution in [0.2, 0.25) is 0 Å². The number of aromatic nitrogens is 1. The number of carbonyl (C=O) groups excluding carboxylic acids is 1. The molecule has 0 radical (unpaired) electrons. The Bertz CT molecular complexity index is 476. The van der Waals surface area contributed by atoms with Gasteiger partial charge in [0.05, 0.1) is 12.2 Å². The molecule has 5 nitrogen and oxygen atoms in total. The van der Waals surface area contributed by atoms with E-state index in [9.17, 15) is 4.79 Å². The molecule has 0 spiro atoms. The van der Waals surface area contributed by atoms with Crippen LogP contribution >= 0.6 is 12.2 Å². The molecule has 0 unspecified atom stereocenters. The number of hydrogen-bond acceptors (Lipinski definition) is 4. The van der Waals surface area contributed by atoms with Crippen molar-refractivity contribution in [1.82, 2.24) is 15.2 Å². The summed E-state index contributed by atoms with van der Waals surface area (Å²) in [5.74, 6) is 0.488. The Hall–Kier alpha value is -1.53. The van der Waals surface area contributed by atoms with Crippen LogP contribution in [0.25, 0.3) is 0 Å². The lowest BCUT2D eigenvalue weighted by Crippen LogP contribution is -2.36. The quantitative estimate of drug-likeness (QED) is 0.732. The molecular weight excluding hydrogens is 272 g/mol. The predicted octanol–water partition coefficient (Wildman–Crippen LogP) is 0.920. The highest BCUT2D eigenvalue weighted by molar-refractivity contribution is 7.80. The molecule has 0 aromatic carbocycles. The Morgan fingerprint density at radius 1 is 1.55 bits per heavy atom. The lowest BCUT2D eigenvalue weighted by molar-refractivity contribution is -0.122. The standard InChI is InChI=1S/C14H22N4OS/c1-10(2)7-17-13(19)9-18(3)8-11-4-5-16-12(6-11)14(15)20/h4-6,10H,7-9H2,1-3H3,(H2,15,20)(H,17,19). The number of pyridine rings is 1. The van der Waals surface area contributed by atoms with Crippen LogP contribution in [-0.4, -0.2) is 40.9 Å². The van der Waals surface area contributed by atoms with E-state index in [1.54, 1.807) is 6.20 Å². The number of rotatable bonds is 7. The fourth-order valence-corrected chi connectivity index (χ4v) is 1.81. The number of carbonyl (C=O) groups is 1. The summed E-state index contributed by atoms with van der Waals surface area (Å²) in [6, 6.07) is 3.75. The maximum atomic E-state index is 11.7. The highest BCUT2D eigenvalue weighted by atomic mass is 32.1. The molecule has 0 aliphatic rings. The van der Waals surface area contributed by atoms with Crippen molar-refractivity contribution in [3.63, 3.8) is 0 Å². The largest absolute Gasteiger partial charge is 0.388 e. The zero-order chi connectivity index (χ0) is 15.1. The van der Waals surface area contributed by atoms with E-state index >= 15 is 0 Å². The smallest absolute Gasteiger partial charge is 0.234 e. The van der Waals surface area contributed by atoms with Gasteiger partial charge in [-0.25, -0.2) is 0 Å². The Morgan fingerprint density at radius 2 is 2.25 bits per heavy atom. The maximum Gasteiger partial charge on any atom is 0.234 e. The molecule has 0 atom stereocenters. The Kier molecular flexibility index (Phi) is 6.54. The van der Waals surface area contributed by atoms with Crippen molar-refractivity contribution in [2.45, 2.75) is 20.4 Å². The van der Waals surface area contributed by atoms with Crippen LogP contribution < -0.4 is 11.1 Å². The molecule has 3 N–H and O–H groups in total. The highest BCUT2D eigenvalue weighted by Crippen LogP contribution is 2.05. The molecule has 1 rings (SSSR count). The lowest BCUT2D eigenvalue weighted by atomic mass is 10.2. The summed E-state index contributed by atoms with van der Waals surface area (Å²) in [6.07, 6.45) is 1.68. The molecule has 20 heavy (non-hydrogen) atoms. The molecule has 1 heterocycles. The van der Waals surface area contributed by atoms with Gasteiger partial charge >= 0.3 is 0 Å². The summed E-state index contributed by atoms with van der Waals surface area (Å²) < 4.78 is 0. The third-order valence-corrected chi connectivity index (χ3v) is 2.86. The van der Waals surface area contributed by atoms with Gasteiger partial charge in [-0.1, -0.05) is 26.1 Å². The van der Waals surface area contributed by atoms with Crippen molar-refractivity contribution >= 4 is 23.1 Å². The average molecular weight is 294 g/mol. The molecule has 0 fully saturated rings. The van der Waals surface area contributed by atoms with Crippen LogP contribution in [0.1, 0.15) is 25.1 Å². The predicted molar refractivity (Wildman–Crippen MR) is 84.3 cm³/mol. The average Bonchev–Trinajstić information content (AvgIpc) is 2.36. The monoisotopic (exact) mass is 294 g/mol. The number of likely N-dealkylation sites (N-methyl/N-ethyl adjacent to an activating group) is 1. The van der Waals surface area contributed by atoms with E-state index in [0.717, 1.165) is 5.56 Å². The second kappa shape index (κ2) is 7.91. The normalized spacial score (nSPS) is 10.8. The van der Waals surface area contributed by atoms with Crippen molar-refractivity contribution in [2.75, 3.05) is 20.1 Å². The Balaban J connectivity index is 2.49. The number of thiocarbonyl (C=S) groups is 1. The number of amides is 1. The van der Waals surface area contributed by atoms with Gasteiger partial charge in [0, 0.05) is 19.3 Å². The van der Waals surface area contributed by atoms with E-state index in [0.29, 0.717) is 31.2 Å². The first kappa shape index (κ1) is 16.5. The fraction of sp³-hybridized carbons (Fsp3) is 0.500. The van der Waals surface area contributed by atoms with Crippen molar-refractivity contribution < 1.29 is 4.79 Å². The summed E-state index contributed by atoms with van der Waals surface area (Å²) >= 11 is 4.90. The molecule has 1 aromatic heterocycles. The van der Waals surface area contributed by atoms with Crippen molar-refractivity contribution in [3.8, 4) is 0 Å². The summed E-state index contributed by atoms with van der Waals surface area (Å²) in [5, 5.41) is 2.89. The van der Waals surface area contributed by atoms with E-state index in [-0.39, 0.29) is 10.9 Å². The molecule has 1 aromatic rings. The molecule has 110 valence electrons. The van der Waals surface area contributed by atoms with Crippen LogP contribution in [0.5, 0.6) is 0 Å². The van der Waals surface area contributed by atoms with Crippen molar-refractivity contribution in [3.05, 3.63) is 29.6 Å². The van der Waals surface area contributed by atoms with Gasteiger partial charge in [0.2, 0.25) is 5.91 Å². The van der Waals surface area contributed by atoms with Crippen molar-refractivity contribution in [2.24, 2.45) is 11.7 Å². The van der Waals surface area contributed by atoms with Gasteiger partial charge < -0.3 is 11.1 Å². The molecule has 0 aliphatic carbocycles. The number of nitrogens with one attached hydrogen (secondary N) is 1. The zero-order valence-electron chi connectivity index (χ0n) is 12.2. The SMILES string of the molecule is CC(C)CNC(=O)CN(C)Cc1ccnc(C(N)=S)c1.